The van der Waals surface area contributed by atoms with Gasteiger partial charge in [0, 0.05) is 56.9 Å². The summed E-state index contributed by atoms with van der Waals surface area (Å²) in [6.45, 7) is 7.25. The van der Waals surface area contributed by atoms with E-state index in [4.69, 9.17) is 11.6 Å². The molecule has 0 unspecified atom stereocenters. The van der Waals surface area contributed by atoms with E-state index in [0.29, 0.717) is 0 Å². The van der Waals surface area contributed by atoms with Gasteiger partial charge in [-0.05, 0) is 30.5 Å². The van der Waals surface area contributed by atoms with Gasteiger partial charge in [0.15, 0.2) is 0 Å². The molecular formula is C19H24ClN5. The van der Waals surface area contributed by atoms with Crippen molar-refractivity contribution in [3.05, 3.63) is 47.2 Å². The molecule has 2 saturated heterocycles. The van der Waals surface area contributed by atoms with Crippen LogP contribution in [-0.4, -0.2) is 54.1 Å². The molecule has 132 valence electrons. The molecule has 0 atom stereocenters. The van der Waals surface area contributed by atoms with Gasteiger partial charge in [0.05, 0.1) is 0 Å². The summed E-state index contributed by atoms with van der Waals surface area (Å²) in [6, 6.07) is 10.3. The van der Waals surface area contributed by atoms with Crippen LogP contribution in [0.4, 0.5) is 11.6 Å². The molecule has 2 aliphatic rings. The zero-order valence-electron chi connectivity index (χ0n) is 14.4. The molecule has 0 bridgehead atoms. The largest absolute Gasteiger partial charge is 0.356 e. The fourth-order valence-corrected chi connectivity index (χ4v) is 3.87. The molecule has 3 heterocycles. The molecule has 4 rings (SSSR count). The number of halogens is 1. The summed E-state index contributed by atoms with van der Waals surface area (Å²) in [5.74, 6) is 2.13. The molecule has 0 radical (unpaired) electrons. The molecule has 0 aliphatic carbocycles. The van der Waals surface area contributed by atoms with Gasteiger partial charge in [-0.1, -0.05) is 23.7 Å². The van der Waals surface area contributed by atoms with Crippen molar-refractivity contribution in [3.8, 4) is 0 Å². The molecule has 0 saturated carbocycles. The van der Waals surface area contributed by atoms with Crippen molar-refractivity contribution in [3.63, 3.8) is 0 Å². The van der Waals surface area contributed by atoms with Gasteiger partial charge < -0.3 is 9.80 Å². The Morgan fingerprint density at radius 1 is 0.840 bits per heavy atom. The average Bonchev–Trinajstić information content (AvgIpc) is 3.17. The second-order valence-electron chi connectivity index (χ2n) is 6.82. The van der Waals surface area contributed by atoms with Crippen molar-refractivity contribution in [2.45, 2.75) is 19.4 Å². The number of benzene rings is 1. The van der Waals surface area contributed by atoms with Crippen LogP contribution in [0.1, 0.15) is 18.4 Å². The van der Waals surface area contributed by atoms with E-state index in [2.05, 4.69) is 42.9 Å². The summed E-state index contributed by atoms with van der Waals surface area (Å²) in [6.07, 6.45) is 4.24. The second kappa shape index (κ2) is 7.58. The van der Waals surface area contributed by atoms with Crippen LogP contribution >= 0.6 is 11.6 Å². The molecular weight excluding hydrogens is 334 g/mol. The molecule has 0 N–H and O–H groups in total. The minimum atomic E-state index is 0.812. The van der Waals surface area contributed by atoms with Gasteiger partial charge in [-0.2, -0.15) is 0 Å². The first-order valence-electron chi connectivity index (χ1n) is 9.07. The van der Waals surface area contributed by atoms with Crippen LogP contribution in [0.25, 0.3) is 0 Å². The predicted octanol–water partition coefficient (Wildman–Crippen LogP) is 3.05. The van der Waals surface area contributed by atoms with Gasteiger partial charge in [-0.25, -0.2) is 9.97 Å². The van der Waals surface area contributed by atoms with E-state index in [1.807, 2.05) is 12.1 Å². The number of nitrogens with zero attached hydrogens (tertiary/aromatic N) is 5. The highest BCUT2D eigenvalue weighted by atomic mass is 35.5. The van der Waals surface area contributed by atoms with Crippen molar-refractivity contribution < 1.29 is 0 Å². The Morgan fingerprint density at radius 2 is 1.52 bits per heavy atom. The molecule has 2 fully saturated rings. The molecule has 2 aromatic rings. The minimum Gasteiger partial charge on any atom is -0.356 e. The monoisotopic (exact) mass is 357 g/mol. The first kappa shape index (κ1) is 16.6. The van der Waals surface area contributed by atoms with Gasteiger partial charge in [-0.15, -0.1) is 0 Å². The maximum atomic E-state index is 6.09. The predicted molar refractivity (Wildman–Crippen MR) is 102 cm³/mol. The Labute approximate surface area is 154 Å². The summed E-state index contributed by atoms with van der Waals surface area (Å²) >= 11 is 6.09. The van der Waals surface area contributed by atoms with Gasteiger partial charge in [-0.3, -0.25) is 4.90 Å². The summed E-state index contributed by atoms with van der Waals surface area (Å²) in [7, 11) is 0. The van der Waals surface area contributed by atoms with Gasteiger partial charge in [0.1, 0.15) is 18.0 Å². The summed E-state index contributed by atoms with van der Waals surface area (Å²) in [4.78, 5) is 16.2. The van der Waals surface area contributed by atoms with Crippen LogP contribution in [0.15, 0.2) is 36.7 Å². The lowest BCUT2D eigenvalue weighted by atomic mass is 10.2. The number of piperazine rings is 1. The molecule has 25 heavy (non-hydrogen) atoms. The van der Waals surface area contributed by atoms with Crippen LogP contribution in [-0.2, 0) is 6.54 Å². The van der Waals surface area contributed by atoms with Gasteiger partial charge in [0.2, 0.25) is 0 Å². The molecule has 0 amide bonds. The molecule has 1 aromatic heterocycles. The van der Waals surface area contributed by atoms with Crippen LogP contribution in [0, 0.1) is 0 Å². The van der Waals surface area contributed by atoms with E-state index in [-0.39, 0.29) is 0 Å². The highest BCUT2D eigenvalue weighted by molar-refractivity contribution is 6.30. The van der Waals surface area contributed by atoms with Crippen molar-refractivity contribution in [1.29, 1.82) is 0 Å². The number of anilines is 2. The first-order chi connectivity index (χ1) is 12.3. The van der Waals surface area contributed by atoms with E-state index in [1.54, 1.807) is 6.33 Å². The van der Waals surface area contributed by atoms with E-state index < -0.39 is 0 Å². The topological polar surface area (TPSA) is 35.5 Å². The zero-order chi connectivity index (χ0) is 17.1. The molecule has 5 nitrogen and oxygen atoms in total. The number of hydrogen-bond donors (Lipinski definition) is 0. The molecule has 1 aromatic carbocycles. The molecule has 6 heteroatoms. The molecule has 0 spiro atoms. The average molecular weight is 358 g/mol. The summed E-state index contributed by atoms with van der Waals surface area (Å²) in [5, 5.41) is 0.812. The fourth-order valence-electron chi connectivity index (χ4n) is 3.66. The number of hydrogen-bond acceptors (Lipinski definition) is 5. The standard InChI is InChI=1S/C19H24ClN5/c20-17-5-3-4-16(12-17)14-23-8-10-25(11-9-23)19-13-18(21-15-22-19)24-6-1-2-7-24/h3-5,12-13,15H,1-2,6-11,14H2. The van der Waals surface area contributed by atoms with E-state index in [0.717, 1.165) is 62.5 Å². The van der Waals surface area contributed by atoms with Crippen LogP contribution < -0.4 is 9.80 Å². The Balaban J connectivity index is 1.36. The fraction of sp³-hybridized carbons (Fsp3) is 0.474. The van der Waals surface area contributed by atoms with Crippen molar-refractivity contribution >= 4 is 23.2 Å². The first-order valence-corrected chi connectivity index (χ1v) is 9.44. The second-order valence-corrected chi connectivity index (χ2v) is 7.26. The van der Waals surface area contributed by atoms with E-state index in [9.17, 15) is 0 Å². The Morgan fingerprint density at radius 3 is 2.20 bits per heavy atom. The van der Waals surface area contributed by atoms with E-state index >= 15 is 0 Å². The van der Waals surface area contributed by atoms with Crippen LogP contribution in [0.5, 0.6) is 0 Å². The number of aromatic nitrogens is 2. The Hall–Kier alpha value is -1.85. The lowest BCUT2D eigenvalue weighted by Crippen LogP contribution is -2.46. The molecule has 2 aliphatic heterocycles. The van der Waals surface area contributed by atoms with Crippen molar-refractivity contribution in [2.75, 3.05) is 49.1 Å². The SMILES string of the molecule is Clc1cccc(CN2CCN(c3cc(N4CCCC4)ncn3)CC2)c1. The third-order valence-electron chi connectivity index (χ3n) is 5.06. The van der Waals surface area contributed by atoms with Gasteiger partial charge >= 0.3 is 0 Å². The minimum absolute atomic E-state index is 0.812. The zero-order valence-corrected chi connectivity index (χ0v) is 15.2. The quantitative estimate of drug-likeness (QED) is 0.840. The maximum Gasteiger partial charge on any atom is 0.134 e. The highest BCUT2D eigenvalue weighted by Gasteiger charge is 2.20. The summed E-state index contributed by atoms with van der Waals surface area (Å²) < 4.78 is 0. The normalized spacial score (nSPS) is 18.8. The van der Waals surface area contributed by atoms with Gasteiger partial charge in [0.25, 0.3) is 0 Å². The van der Waals surface area contributed by atoms with Crippen LogP contribution in [0.2, 0.25) is 5.02 Å². The highest BCUT2D eigenvalue weighted by Crippen LogP contribution is 2.22. The third-order valence-corrected chi connectivity index (χ3v) is 5.29. The van der Waals surface area contributed by atoms with E-state index in [1.165, 1.54) is 18.4 Å². The lowest BCUT2D eigenvalue weighted by Gasteiger charge is -2.35. The van der Waals surface area contributed by atoms with Crippen LogP contribution in [0.3, 0.4) is 0 Å². The third kappa shape index (κ3) is 4.05. The summed E-state index contributed by atoms with van der Waals surface area (Å²) in [5.41, 5.74) is 1.28. The van der Waals surface area contributed by atoms with Crippen molar-refractivity contribution in [2.24, 2.45) is 0 Å². The Kier molecular flexibility index (Phi) is 5.04. The lowest BCUT2D eigenvalue weighted by molar-refractivity contribution is 0.249. The smallest absolute Gasteiger partial charge is 0.134 e. The Bertz CT molecular complexity index is 708. The number of rotatable bonds is 4. The van der Waals surface area contributed by atoms with Crippen molar-refractivity contribution in [1.82, 2.24) is 14.9 Å². The maximum absolute atomic E-state index is 6.09.